The molecule has 0 saturated heterocycles. The number of esters is 1. The SMILES string of the molecule is CCC(=O)C(C)C.COC(C)=O. The molecule has 0 rings (SSSR count). The second-order valence-corrected chi connectivity index (χ2v) is 2.67. The number of carbonyl (C=O) groups excluding carboxylic acids is 2. The highest BCUT2D eigenvalue weighted by atomic mass is 16.5. The van der Waals surface area contributed by atoms with Crippen LogP contribution in [0, 0.1) is 5.92 Å². The smallest absolute Gasteiger partial charge is 0.302 e. The predicted molar refractivity (Wildman–Crippen MR) is 47.8 cm³/mol. The minimum atomic E-state index is -0.245. The van der Waals surface area contributed by atoms with Crippen LogP contribution in [-0.2, 0) is 14.3 Å². The number of rotatable bonds is 2. The summed E-state index contributed by atoms with van der Waals surface area (Å²) in [5.74, 6) is 0.329. The summed E-state index contributed by atoms with van der Waals surface area (Å²) in [5.41, 5.74) is 0. The maximum Gasteiger partial charge on any atom is 0.302 e. The number of carbonyl (C=O) groups is 2. The Morgan fingerprint density at radius 3 is 1.67 bits per heavy atom. The first-order valence-electron chi connectivity index (χ1n) is 4.02. The van der Waals surface area contributed by atoms with Crippen molar-refractivity contribution >= 4 is 11.8 Å². The number of Topliss-reactive ketones (excluding diaryl/α,β-unsaturated/α-hetero) is 1. The first-order chi connectivity index (χ1) is 5.45. The fourth-order valence-electron chi connectivity index (χ4n) is 0.408. The van der Waals surface area contributed by atoms with Crippen LogP contribution in [0.3, 0.4) is 0 Å². The van der Waals surface area contributed by atoms with Crippen molar-refractivity contribution in [2.45, 2.75) is 34.1 Å². The summed E-state index contributed by atoms with van der Waals surface area (Å²) in [6, 6.07) is 0. The highest BCUT2D eigenvalue weighted by molar-refractivity contribution is 5.79. The van der Waals surface area contributed by atoms with Crippen molar-refractivity contribution in [2.24, 2.45) is 5.92 Å². The molecule has 0 aromatic heterocycles. The van der Waals surface area contributed by atoms with Crippen molar-refractivity contribution in [3.8, 4) is 0 Å². The van der Waals surface area contributed by atoms with E-state index in [9.17, 15) is 9.59 Å². The molecule has 0 radical (unpaired) electrons. The van der Waals surface area contributed by atoms with Crippen LogP contribution in [-0.4, -0.2) is 18.9 Å². The molecule has 3 nitrogen and oxygen atoms in total. The van der Waals surface area contributed by atoms with E-state index in [1.54, 1.807) is 0 Å². The quantitative estimate of drug-likeness (QED) is 0.599. The van der Waals surface area contributed by atoms with Crippen LogP contribution in [0.4, 0.5) is 0 Å². The number of hydrogen-bond donors (Lipinski definition) is 0. The van der Waals surface area contributed by atoms with Gasteiger partial charge in [0, 0.05) is 19.3 Å². The van der Waals surface area contributed by atoms with Gasteiger partial charge in [0.05, 0.1) is 7.11 Å². The highest BCUT2D eigenvalue weighted by Gasteiger charge is 2.00. The molecule has 12 heavy (non-hydrogen) atoms. The highest BCUT2D eigenvalue weighted by Crippen LogP contribution is 1.95. The molecule has 0 unspecified atom stereocenters. The van der Waals surface area contributed by atoms with Crippen molar-refractivity contribution < 1.29 is 14.3 Å². The molecule has 0 N–H and O–H groups in total. The summed E-state index contributed by atoms with van der Waals surface area (Å²) in [4.78, 5) is 20.1. The van der Waals surface area contributed by atoms with Gasteiger partial charge in [-0.15, -0.1) is 0 Å². The van der Waals surface area contributed by atoms with Crippen molar-refractivity contribution in [1.82, 2.24) is 0 Å². The Bertz CT molecular complexity index is 139. The molecule has 0 heterocycles. The van der Waals surface area contributed by atoms with Crippen molar-refractivity contribution in [1.29, 1.82) is 0 Å². The third kappa shape index (κ3) is 11.9. The van der Waals surface area contributed by atoms with E-state index in [1.807, 2.05) is 20.8 Å². The summed E-state index contributed by atoms with van der Waals surface area (Å²) in [7, 11) is 1.35. The van der Waals surface area contributed by atoms with E-state index in [1.165, 1.54) is 14.0 Å². The van der Waals surface area contributed by atoms with Crippen molar-refractivity contribution in [3.05, 3.63) is 0 Å². The normalized spacial score (nSPS) is 8.50. The Kier molecular flexibility index (Phi) is 9.41. The molecule has 0 fully saturated rings. The standard InChI is InChI=1S/C6H12O.C3H6O2/c1-4-6(7)5(2)3;1-3(4)5-2/h5H,4H2,1-3H3;1-2H3. The zero-order valence-corrected chi connectivity index (χ0v) is 8.51. The Morgan fingerprint density at radius 2 is 1.67 bits per heavy atom. The summed E-state index contributed by atoms with van der Waals surface area (Å²) < 4.78 is 4.11. The third-order valence-electron chi connectivity index (χ3n) is 1.28. The molecule has 0 spiro atoms. The minimum absolute atomic E-state index is 0.227. The molecular formula is C9H18O3. The van der Waals surface area contributed by atoms with E-state index >= 15 is 0 Å². The lowest BCUT2D eigenvalue weighted by Crippen LogP contribution is -2.03. The number of hydrogen-bond acceptors (Lipinski definition) is 3. The summed E-state index contributed by atoms with van der Waals surface area (Å²) in [6.07, 6.45) is 0.678. The van der Waals surface area contributed by atoms with Crippen LogP contribution >= 0.6 is 0 Å². The maximum absolute atomic E-state index is 10.5. The molecule has 0 aromatic carbocycles. The van der Waals surface area contributed by atoms with Gasteiger partial charge < -0.3 is 4.74 Å². The molecular weight excluding hydrogens is 156 g/mol. The zero-order valence-electron chi connectivity index (χ0n) is 8.51. The number of methoxy groups -OCH3 is 1. The molecule has 72 valence electrons. The average molecular weight is 174 g/mol. The first kappa shape index (κ1) is 13.7. The topological polar surface area (TPSA) is 43.4 Å². The van der Waals surface area contributed by atoms with Crippen LogP contribution in [0.5, 0.6) is 0 Å². The van der Waals surface area contributed by atoms with E-state index in [2.05, 4.69) is 4.74 Å². The van der Waals surface area contributed by atoms with Gasteiger partial charge in [-0.1, -0.05) is 20.8 Å². The van der Waals surface area contributed by atoms with E-state index < -0.39 is 0 Å². The zero-order chi connectivity index (χ0) is 10.1. The van der Waals surface area contributed by atoms with Gasteiger partial charge in [0.2, 0.25) is 0 Å². The van der Waals surface area contributed by atoms with Crippen LogP contribution < -0.4 is 0 Å². The van der Waals surface area contributed by atoms with Gasteiger partial charge in [0.25, 0.3) is 0 Å². The Hall–Kier alpha value is -0.860. The lowest BCUT2D eigenvalue weighted by atomic mass is 10.1. The average Bonchev–Trinajstić information content (AvgIpc) is 2.04. The fourth-order valence-corrected chi connectivity index (χ4v) is 0.408. The van der Waals surface area contributed by atoms with E-state index in [0.717, 1.165) is 0 Å². The van der Waals surface area contributed by atoms with Crippen molar-refractivity contribution in [2.75, 3.05) is 7.11 Å². The fraction of sp³-hybridized carbons (Fsp3) is 0.778. The molecule has 0 aromatic rings. The monoisotopic (exact) mass is 174 g/mol. The summed E-state index contributed by atoms with van der Waals surface area (Å²) >= 11 is 0. The lowest BCUT2D eigenvalue weighted by Gasteiger charge is -1.96. The van der Waals surface area contributed by atoms with Gasteiger partial charge in [-0.05, 0) is 0 Å². The van der Waals surface area contributed by atoms with Crippen LogP contribution in [0.25, 0.3) is 0 Å². The largest absolute Gasteiger partial charge is 0.469 e. The van der Waals surface area contributed by atoms with Gasteiger partial charge in [0.15, 0.2) is 0 Å². The van der Waals surface area contributed by atoms with Gasteiger partial charge >= 0.3 is 5.97 Å². The molecule has 0 bridgehead atoms. The van der Waals surface area contributed by atoms with Crippen molar-refractivity contribution in [3.63, 3.8) is 0 Å². The van der Waals surface area contributed by atoms with E-state index in [4.69, 9.17) is 0 Å². The minimum Gasteiger partial charge on any atom is -0.469 e. The molecule has 0 aliphatic rings. The van der Waals surface area contributed by atoms with Gasteiger partial charge in [-0.25, -0.2) is 0 Å². The first-order valence-corrected chi connectivity index (χ1v) is 4.02. The molecule has 0 aliphatic carbocycles. The van der Waals surface area contributed by atoms with Crippen LogP contribution in [0.2, 0.25) is 0 Å². The number of ether oxygens (including phenoxy) is 1. The molecule has 3 heteroatoms. The van der Waals surface area contributed by atoms with Crippen LogP contribution in [0.1, 0.15) is 34.1 Å². The summed E-state index contributed by atoms with van der Waals surface area (Å²) in [6.45, 7) is 7.10. The summed E-state index contributed by atoms with van der Waals surface area (Å²) in [5, 5.41) is 0. The van der Waals surface area contributed by atoms with Crippen LogP contribution in [0.15, 0.2) is 0 Å². The van der Waals surface area contributed by atoms with Gasteiger partial charge in [-0.3, -0.25) is 9.59 Å². The second kappa shape index (κ2) is 8.24. The van der Waals surface area contributed by atoms with Gasteiger partial charge in [0.1, 0.15) is 5.78 Å². The molecule has 0 aliphatic heterocycles. The molecule has 0 saturated carbocycles. The van der Waals surface area contributed by atoms with E-state index in [-0.39, 0.29) is 11.9 Å². The predicted octanol–water partition coefficient (Wildman–Crippen LogP) is 1.80. The second-order valence-electron chi connectivity index (χ2n) is 2.67. The molecule has 0 atom stereocenters. The van der Waals surface area contributed by atoms with Gasteiger partial charge in [-0.2, -0.15) is 0 Å². The number of ketones is 1. The van der Waals surface area contributed by atoms with E-state index in [0.29, 0.717) is 12.2 Å². The Balaban J connectivity index is 0. The third-order valence-corrected chi connectivity index (χ3v) is 1.28. The lowest BCUT2D eigenvalue weighted by molar-refractivity contribution is -0.137. The Labute approximate surface area is 74.1 Å². The Morgan fingerprint density at radius 1 is 1.33 bits per heavy atom. The molecule has 0 amide bonds. The maximum atomic E-state index is 10.5.